The summed E-state index contributed by atoms with van der Waals surface area (Å²) in [6.07, 6.45) is 2.45. The molecule has 3 atom stereocenters. The van der Waals surface area contributed by atoms with Crippen molar-refractivity contribution in [3.05, 3.63) is 144 Å². The van der Waals surface area contributed by atoms with Gasteiger partial charge >= 0.3 is 0 Å². The first-order chi connectivity index (χ1) is 28.8. The minimum atomic E-state index is -0.633. The molecule has 1 fully saturated rings. The number of unbranched alkanes of at least 4 members (excludes halogenated alkanes) is 2. The second-order valence-electron chi connectivity index (χ2n) is 14.3. The number of tetrazole rings is 1. The van der Waals surface area contributed by atoms with Gasteiger partial charge in [-0.1, -0.05) is 97.0 Å². The molecule has 6 aromatic rings. The van der Waals surface area contributed by atoms with E-state index in [1.54, 1.807) is 41.1 Å². The number of para-hydroxylation sites is 2. The number of hydrogen-bond acceptors (Lipinski definition) is 11. The zero-order valence-electron chi connectivity index (χ0n) is 32.4. The van der Waals surface area contributed by atoms with E-state index in [9.17, 15) is 19.8 Å². The van der Waals surface area contributed by atoms with Crippen LogP contribution in [0.3, 0.4) is 0 Å². The average Bonchev–Trinajstić information content (AvgIpc) is 3.75. The highest BCUT2D eigenvalue weighted by Crippen LogP contribution is 2.40. The molecule has 0 unspecified atom stereocenters. The summed E-state index contributed by atoms with van der Waals surface area (Å²) >= 11 is 1.48. The summed E-state index contributed by atoms with van der Waals surface area (Å²) in [5.74, 6) is 0.615. The largest absolute Gasteiger partial charge is 0.508 e. The molecule has 2 heterocycles. The van der Waals surface area contributed by atoms with Crippen molar-refractivity contribution in [3.63, 3.8) is 0 Å². The smallest absolute Gasteiger partial charge is 0.224 e. The number of aromatic nitrogens is 4. The molecule has 7 rings (SSSR count). The lowest BCUT2D eigenvalue weighted by atomic mass is 9.99. The Hall–Kier alpha value is -6.06. The van der Waals surface area contributed by atoms with E-state index in [0.717, 1.165) is 45.5 Å². The van der Waals surface area contributed by atoms with Crippen LogP contribution >= 0.6 is 11.8 Å². The lowest BCUT2D eigenvalue weighted by Crippen LogP contribution is -2.31. The molecule has 14 heteroatoms. The van der Waals surface area contributed by atoms with Crippen molar-refractivity contribution >= 4 is 35.0 Å². The predicted octanol–water partition coefficient (Wildman–Crippen LogP) is 7.65. The standard InChI is InChI=1S/C45H47N7O6S/c46-39-9-4-5-10-40(39)48-43(56)12-3-1-2-11-42(55)47-27-31-7-6-8-35(25-31)32-17-19-34(20-18-32)44-57-38(26-41(58-44)33-15-13-30(28-53)14-16-33)29-59-45-49-50-51-52(45)36-21-23-37(54)24-22-36/h4-10,13-25,38,41,44,53-54H,1-3,11-12,26-29,46H2,(H,47,55)(H,48,56)/t38-,41+,44+/m1/s1. The molecule has 5 aromatic carbocycles. The lowest BCUT2D eigenvalue weighted by molar-refractivity contribution is -0.245. The van der Waals surface area contributed by atoms with Crippen LogP contribution in [-0.2, 0) is 32.2 Å². The molecule has 0 radical (unpaired) electrons. The summed E-state index contributed by atoms with van der Waals surface area (Å²) < 4.78 is 14.8. The van der Waals surface area contributed by atoms with Crippen molar-refractivity contribution in [1.29, 1.82) is 0 Å². The number of carbonyl (C=O) groups excluding carboxylic acids is 2. The van der Waals surface area contributed by atoms with Crippen LogP contribution in [0.4, 0.5) is 11.4 Å². The number of nitrogen functional groups attached to an aromatic ring is 1. The Morgan fingerprint density at radius 1 is 0.797 bits per heavy atom. The van der Waals surface area contributed by atoms with Gasteiger partial charge in [-0.15, -0.1) is 5.10 Å². The Labute approximate surface area is 347 Å². The highest BCUT2D eigenvalue weighted by atomic mass is 32.2. The summed E-state index contributed by atoms with van der Waals surface area (Å²) in [5, 5.41) is 38.0. The van der Waals surface area contributed by atoms with E-state index < -0.39 is 6.29 Å². The number of thioether (sulfide) groups is 1. The van der Waals surface area contributed by atoms with Crippen molar-refractivity contribution in [1.82, 2.24) is 25.5 Å². The van der Waals surface area contributed by atoms with Crippen molar-refractivity contribution < 1.29 is 29.3 Å². The Morgan fingerprint density at radius 2 is 1.54 bits per heavy atom. The van der Waals surface area contributed by atoms with Gasteiger partial charge in [-0.25, -0.2) is 0 Å². The molecule has 13 nitrogen and oxygen atoms in total. The lowest BCUT2D eigenvalue weighted by Gasteiger charge is -2.36. The van der Waals surface area contributed by atoms with E-state index in [1.807, 2.05) is 78.9 Å². The molecular weight excluding hydrogens is 767 g/mol. The number of phenols is 1. The second-order valence-corrected chi connectivity index (χ2v) is 15.3. The number of nitrogens with two attached hydrogens (primary N) is 1. The van der Waals surface area contributed by atoms with Gasteiger partial charge in [0.2, 0.25) is 17.0 Å². The number of hydrogen-bond donors (Lipinski definition) is 5. The molecule has 1 saturated heterocycles. The van der Waals surface area contributed by atoms with E-state index in [-0.39, 0.29) is 36.4 Å². The van der Waals surface area contributed by atoms with Crippen molar-refractivity contribution in [2.24, 2.45) is 0 Å². The van der Waals surface area contributed by atoms with Crippen LogP contribution in [0.1, 0.15) is 73.2 Å². The number of aromatic hydroxyl groups is 1. The third-order valence-electron chi connectivity index (χ3n) is 10.0. The SMILES string of the molecule is Nc1ccccc1NC(=O)CCCCCC(=O)NCc1cccc(-c2ccc([C@H]3O[C@@H](CSc4nnnn4-c4ccc(O)cc4)C[C@@H](c4ccc(CO)cc4)O3)cc2)c1. The van der Waals surface area contributed by atoms with Gasteiger partial charge in [-0.05, 0) is 93.6 Å². The third-order valence-corrected chi connectivity index (χ3v) is 11.1. The van der Waals surface area contributed by atoms with Gasteiger partial charge in [0.25, 0.3) is 0 Å². The number of anilines is 2. The first-order valence-corrected chi connectivity index (χ1v) is 20.6. The van der Waals surface area contributed by atoms with Crippen LogP contribution in [0.25, 0.3) is 16.8 Å². The third kappa shape index (κ3) is 11.3. The quantitative estimate of drug-likeness (QED) is 0.0346. The maximum atomic E-state index is 12.6. The molecule has 2 amide bonds. The van der Waals surface area contributed by atoms with Gasteiger partial charge in [0.05, 0.1) is 35.9 Å². The number of benzene rings is 5. The first kappa shape index (κ1) is 41.1. The minimum absolute atomic E-state index is 0.0241. The van der Waals surface area contributed by atoms with Gasteiger partial charge in [0.1, 0.15) is 5.75 Å². The summed E-state index contributed by atoms with van der Waals surface area (Å²) in [5.41, 5.74) is 13.5. The van der Waals surface area contributed by atoms with Gasteiger partial charge in [0, 0.05) is 37.1 Å². The number of amides is 2. The molecule has 59 heavy (non-hydrogen) atoms. The minimum Gasteiger partial charge on any atom is -0.508 e. The normalized spacial score (nSPS) is 16.4. The van der Waals surface area contributed by atoms with Crippen LogP contribution in [0.15, 0.2) is 126 Å². The molecule has 1 aliphatic rings. The molecule has 1 aliphatic heterocycles. The van der Waals surface area contributed by atoms with E-state index in [4.69, 9.17) is 15.2 Å². The van der Waals surface area contributed by atoms with Crippen LogP contribution in [0.2, 0.25) is 0 Å². The molecule has 304 valence electrons. The first-order valence-electron chi connectivity index (χ1n) is 19.6. The number of aliphatic hydroxyl groups is 1. The zero-order valence-corrected chi connectivity index (χ0v) is 33.3. The number of ether oxygens (including phenoxy) is 2. The summed E-state index contributed by atoms with van der Waals surface area (Å²) in [4.78, 5) is 24.9. The van der Waals surface area contributed by atoms with Crippen molar-refractivity contribution in [3.8, 4) is 22.6 Å². The Morgan fingerprint density at radius 3 is 2.31 bits per heavy atom. The monoisotopic (exact) mass is 813 g/mol. The van der Waals surface area contributed by atoms with Crippen LogP contribution in [0.5, 0.6) is 5.75 Å². The predicted molar refractivity (Wildman–Crippen MR) is 226 cm³/mol. The molecular formula is C45H47N7O6S. The maximum absolute atomic E-state index is 12.6. The van der Waals surface area contributed by atoms with E-state index >= 15 is 0 Å². The topological polar surface area (TPSA) is 187 Å². The summed E-state index contributed by atoms with van der Waals surface area (Å²) in [6, 6.07) is 37.9. The van der Waals surface area contributed by atoms with Gasteiger partial charge in [-0.3, -0.25) is 9.59 Å². The molecule has 6 N–H and O–H groups in total. The number of aliphatic hydroxyl groups excluding tert-OH is 1. The number of nitrogens with zero attached hydrogens (tertiary/aromatic N) is 4. The molecule has 0 saturated carbocycles. The summed E-state index contributed by atoms with van der Waals surface area (Å²) in [6.45, 7) is 0.379. The van der Waals surface area contributed by atoms with Crippen LogP contribution in [-0.4, -0.2) is 54.1 Å². The molecule has 1 aromatic heterocycles. The maximum Gasteiger partial charge on any atom is 0.224 e. The molecule has 0 spiro atoms. The zero-order chi connectivity index (χ0) is 41.0. The van der Waals surface area contributed by atoms with E-state index in [0.29, 0.717) is 60.9 Å². The highest BCUT2D eigenvalue weighted by Gasteiger charge is 2.33. The van der Waals surface area contributed by atoms with Gasteiger partial charge < -0.3 is 36.1 Å². The van der Waals surface area contributed by atoms with Crippen LogP contribution in [0, 0.1) is 0 Å². The Balaban J connectivity index is 0.930. The highest BCUT2D eigenvalue weighted by molar-refractivity contribution is 7.99. The second kappa shape index (κ2) is 20.1. The number of nitrogens with one attached hydrogen (secondary N) is 2. The number of rotatable bonds is 17. The Kier molecular flexibility index (Phi) is 14.0. The van der Waals surface area contributed by atoms with Crippen molar-refractivity contribution in [2.75, 3.05) is 16.8 Å². The van der Waals surface area contributed by atoms with Crippen molar-refractivity contribution in [2.45, 2.75) is 75.3 Å². The number of carbonyl (C=O) groups is 2. The molecule has 0 aliphatic carbocycles. The summed E-state index contributed by atoms with van der Waals surface area (Å²) in [7, 11) is 0. The fraction of sp³-hybridized carbons (Fsp3) is 0.267. The van der Waals surface area contributed by atoms with E-state index in [2.05, 4.69) is 32.2 Å². The average molecular weight is 814 g/mol. The number of phenolic OH excluding ortho intramolecular Hbond substituents is 1. The Bertz CT molecular complexity index is 2300. The molecule has 0 bridgehead atoms. The van der Waals surface area contributed by atoms with Crippen LogP contribution < -0.4 is 16.4 Å². The van der Waals surface area contributed by atoms with Gasteiger partial charge in [-0.2, -0.15) is 4.68 Å². The fourth-order valence-electron chi connectivity index (χ4n) is 6.77. The van der Waals surface area contributed by atoms with E-state index in [1.165, 1.54) is 11.8 Å². The fourth-order valence-corrected chi connectivity index (χ4v) is 7.68. The van der Waals surface area contributed by atoms with Gasteiger partial charge in [0.15, 0.2) is 6.29 Å².